The average Bonchev–Trinajstić information content (AvgIpc) is 2.27. The van der Waals surface area contributed by atoms with Crippen LogP contribution < -0.4 is 11.1 Å². The van der Waals surface area contributed by atoms with Crippen LogP contribution in [0.2, 0.25) is 5.02 Å². The zero-order valence-electron chi connectivity index (χ0n) is 10.4. The van der Waals surface area contributed by atoms with Crippen LogP contribution in [0.3, 0.4) is 0 Å². The van der Waals surface area contributed by atoms with Gasteiger partial charge in [0, 0.05) is 22.0 Å². The molecule has 1 amide bonds. The Morgan fingerprint density at radius 3 is 2.83 bits per heavy atom. The van der Waals surface area contributed by atoms with Crippen LogP contribution in [-0.4, -0.2) is 12.5 Å². The quantitative estimate of drug-likeness (QED) is 0.751. The maximum Gasteiger partial charge on any atom is 0.217 e. The van der Waals surface area contributed by atoms with Crippen molar-refractivity contribution in [2.45, 2.75) is 32.2 Å². The predicted molar refractivity (Wildman–Crippen MR) is 78.6 cm³/mol. The summed E-state index contributed by atoms with van der Waals surface area (Å²) in [4.78, 5) is 10.6. The molecule has 0 aliphatic carbocycles. The summed E-state index contributed by atoms with van der Waals surface area (Å²) in [6, 6.07) is 6.07. The Morgan fingerprint density at radius 1 is 1.50 bits per heavy atom. The minimum absolute atomic E-state index is 0.194. The number of hydrogen-bond donors (Lipinski definition) is 2. The average molecular weight is 334 g/mol. The van der Waals surface area contributed by atoms with Gasteiger partial charge in [0.15, 0.2) is 0 Å². The van der Waals surface area contributed by atoms with E-state index >= 15 is 0 Å². The van der Waals surface area contributed by atoms with Gasteiger partial charge in [0.05, 0.1) is 0 Å². The zero-order valence-corrected chi connectivity index (χ0v) is 12.7. The molecule has 5 heteroatoms. The number of carbonyl (C=O) groups excluding carboxylic acids is 1. The number of primary amides is 1. The normalized spacial score (nSPS) is 12.4. The molecular weight excluding hydrogens is 316 g/mol. The van der Waals surface area contributed by atoms with Gasteiger partial charge >= 0.3 is 0 Å². The number of nitrogens with one attached hydrogen (secondary N) is 1. The molecule has 0 bridgehead atoms. The number of nitrogens with two attached hydrogens (primary N) is 1. The van der Waals surface area contributed by atoms with Crippen molar-refractivity contribution < 1.29 is 4.79 Å². The summed E-state index contributed by atoms with van der Waals surface area (Å²) in [5.41, 5.74) is 6.16. The lowest BCUT2D eigenvalue weighted by molar-refractivity contribution is -0.118. The number of benzene rings is 1. The van der Waals surface area contributed by atoms with Crippen molar-refractivity contribution in [3.63, 3.8) is 0 Å². The van der Waals surface area contributed by atoms with Gasteiger partial charge in [-0.1, -0.05) is 33.6 Å². The van der Waals surface area contributed by atoms with Gasteiger partial charge in [-0.3, -0.25) is 4.79 Å². The Balaban J connectivity index is 2.36. The van der Waals surface area contributed by atoms with Gasteiger partial charge in [-0.15, -0.1) is 0 Å². The molecule has 100 valence electrons. The number of hydrogen-bond acceptors (Lipinski definition) is 2. The van der Waals surface area contributed by atoms with E-state index in [-0.39, 0.29) is 11.9 Å². The Hall–Kier alpha value is -0.580. The maximum absolute atomic E-state index is 10.6. The molecule has 1 unspecified atom stereocenters. The summed E-state index contributed by atoms with van der Waals surface area (Å²) in [5, 5.41) is 4.13. The Kier molecular flexibility index (Phi) is 6.68. The molecule has 0 aliphatic heterocycles. The van der Waals surface area contributed by atoms with Gasteiger partial charge in [-0.25, -0.2) is 0 Å². The highest BCUT2D eigenvalue weighted by Gasteiger charge is 2.08. The highest BCUT2D eigenvalue weighted by molar-refractivity contribution is 9.10. The van der Waals surface area contributed by atoms with Crippen LogP contribution in [0.4, 0.5) is 0 Å². The molecule has 3 N–H and O–H groups in total. The molecule has 0 saturated heterocycles. The van der Waals surface area contributed by atoms with Gasteiger partial charge in [0.25, 0.3) is 0 Å². The van der Waals surface area contributed by atoms with Crippen molar-refractivity contribution in [2.75, 3.05) is 6.54 Å². The summed E-state index contributed by atoms with van der Waals surface area (Å²) in [5.74, 6) is -0.237. The van der Waals surface area contributed by atoms with Crippen molar-refractivity contribution in [3.05, 3.63) is 33.3 Å². The Labute approximate surface area is 121 Å². The second-order valence-corrected chi connectivity index (χ2v) is 5.59. The van der Waals surface area contributed by atoms with Gasteiger partial charge in [-0.2, -0.15) is 0 Å². The standard InChI is InChI=1S/C13H18BrClN2O/c1-9(17-7-3-2-4-13(16)18)11-6-5-10(14)8-12(11)15/h5-6,8-9,17H,2-4,7H2,1H3,(H2,16,18). The maximum atomic E-state index is 10.6. The zero-order chi connectivity index (χ0) is 13.5. The third-order valence-electron chi connectivity index (χ3n) is 2.73. The Bertz CT molecular complexity index is 412. The summed E-state index contributed by atoms with van der Waals surface area (Å²) in [6.07, 6.45) is 2.21. The van der Waals surface area contributed by atoms with Crippen LogP contribution in [0.15, 0.2) is 22.7 Å². The first-order valence-corrected chi connectivity index (χ1v) is 7.14. The highest BCUT2D eigenvalue weighted by atomic mass is 79.9. The lowest BCUT2D eigenvalue weighted by atomic mass is 10.1. The van der Waals surface area contributed by atoms with E-state index in [0.29, 0.717) is 6.42 Å². The molecule has 1 rings (SSSR count). The molecule has 0 saturated carbocycles. The third-order valence-corrected chi connectivity index (χ3v) is 3.55. The molecule has 0 fully saturated rings. The SMILES string of the molecule is CC(NCCCCC(N)=O)c1ccc(Br)cc1Cl. The van der Waals surface area contributed by atoms with Gasteiger partial charge in [-0.05, 0) is 44.0 Å². The fourth-order valence-corrected chi connectivity index (χ4v) is 2.54. The van der Waals surface area contributed by atoms with Gasteiger partial charge < -0.3 is 11.1 Å². The van der Waals surface area contributed by atoms with Gasteiger partial charge in [0.2, 0.25) is 5.91 Å². The number of rotatable bonds is 7. The molecule has 0 heterocycles. The fraction of sp³-hybridized carbons (Fsp3) is 0.462. The van der Waals surface area contributed by atoms with Crippen LogP contribution in [0, 0.1) is 0 Å². The highest BCUT2D eigenvalue weighted by Crippen LogP contribution is 2.26. The number of amides is 1. The van der Waals surface area contributed by atoms with E-state index in [4.69, 9.17) is 17.3 Å². The topological polar surface area (TPSA) is 55.1 Å². The van der Waals surface area contributed by atoms with E-state index in [9.17, 15) is 4.79 Å². The van der Waals surface area contributed by atoms with E-state index in [0.717, 1.165) is 34.4 Å². The minimum atomic E-state index is -0.237. The summed E-state index contributed by atoms with van der Waals surface area (Å²) >= 11 is 9.56. The molecule has 0 aliphatic rings. The summed E-state index contributed by atoms with van der Waals surface area (Å²) in [6.45, 7) is 2.92. The van der Waals surface area contributed by atoms with Crippen molar-refractivity contribution in [3.8, 4) is 0 Å². The number of carbonyl (C=O) groups is 1. The number of halogens is 2. The first-order chi connectivity index (χ1) is 8.50. The fourth-order valence-electron chi connectivity index (χ4n) is 1.71. The summed E-state index contributed by atoms with van der Waals surface area (Å²) < 4.78 is 0.977. The van der Waals surface area contributed by atoms with Crippen molar-refractivity contribution in [2.24, 2.45) is 5.73 Å². The monoisotopic (exact) mass is 332 g/mol. The largest absolute Gasteiger partial charge is 0.370 e. The molecule has 1 aromatic rings. The first-order valence-electron chi connectivity index (χ1n) is 5.97. The Morgan fingerprint density at radius 2 is 2.22 bits per heavy atom. The van der Waals surface area contributed by atoms with Crippen LogP contribution in [-0.2, 0) is 4.79 Å². The lowest BCUT2D eigenvalue weighted by Gasteiger charge is -2.15. The van der Waals surface area contributed by atoms with E-state index < -0.39 is 0 Å². The summed E-state index contributed by atoms with van der Waals surface area (Å²) in [7, 11) is 0. The smallest absolute Gasteiger partial charge is 0.217 e. The molecular formula is C13H18BrClN2O. The molecule has 0 aromatic heterocycles. The van der Waals surface area contributed by atoms with Crippen LogP contribution in [0.25, 0.3) is 0 Å². The predicted octanol–water partition coefficient (Wildman–Crippen LogP) is 3.41. The van der Waals surface area contributed by atoms with Crippen molar-refractivity contribution in [1.82, 2.24) is 5.32 Å². The second kappa shape index (κ2) is 7.77. The van der Waals surface area contributed by atoms with Crippen LogP contribution in [0.5, 0.6) is 0 Å². The van der Waals surface area contributed by atoms with E-state index in [1.165, 1.54) is 0 Å². The van der Waals surface area contributed by atoms with E-state index in [1.54, 1.807) is 0 Å². The molecule has 0 radical (unpaired) electrons. The molecule has 18 heavy (non-hydrogen) atoms. The van der Waals surface area contributed by atoms with E-state index in [1.807, 2.05) is 18.2 Å². The van der Waals surface area contributed by atoms with Gasteiger partial charge in [0.1, 0.15) is 0 Å². The molecule has 1 atom stereocenters. The van der Waals surface area contributed by atoms with Crippen molar-refractivity contribution in [1.29, 1.82) is 0 Å². The molecule has 1 aromatic carbocycles. The molecule has 3 nitrogen and oxygen atoms in total. The third kappa shape index (κ3) is 5.38. The van der Waals surface area contributed by atoms with Crippen LogP contribution >= 0.6 is 27.5 Å². The molecule has 0 spiro atoms. The first kappa shape index (κ1) is 15.5. The lowest BCUT2D eigenvalue weighted by Crippen LogP contribution is -2.20. The number of unbranched alkanes of at least 4 members (excludes halogenated alkanes) is 1. The van der Waals surface area contributed by atoms with E-state index in [2.05, 4.69) is 28.2 Å². The van der Waals surface area contributed by atoms with Crippen LogP contribution in [0.1, 0.15) is 37.8 Å². The second-order valence-electron chi connectivity index (χ2n) is 4.27. The minimum Gasteiger partial charge on any atom is -0.370 e. The van der Waals surface area contributed by atoms with Crippen molar-refractivity contribution >= 4 is 33.4 Å².